The quantitative estimate of drug-likeness (QED) is 0.126. The van der Waals surface area contributed by atoms with Gasteiger partial charge in [-0.15, -0.1) is 5.10 Å². The Kier molecular flexibility index (Phi) is 10.7. The van der Waals surface area contributed by atoms with Gasteiger partial charge in [-0.25, -0.2) is 4.79 Å². The normalized spacial score (nSPS) is 19.1. The first-order chi connectivity index (χ1) is 23.4. The number of hydrogen-bond donors (Lipinski definition) is 4. The van der Waals surface area contributed by atoms with Crippen molar-refractivity contribution in [3.05, 3.63) is 119 Å². The molecular formula is C36H38N6O5S. The van der Waals surface area contributed by atoms with Crippen molar-refractivity contribution in [2.45, 2.75) is 50.7 Å². The summed E-state index contributed by atoms with van der Waals surface area (Å²) in [5.74, 6) is 0.703. The topological polar surface area (TPSA) is 144 Å². The molecule has 2 heterocycles. The Morgan fingerprint density at radius 3 is 2.40 bits per heavy atom. The van der Waals surface area contributed by atoms with Crippen LogP contribution in [0.15, 0.2) is 102 Å². The molecule has 1 aliphatic rings. The van der Waals surface area contributed by atoms with Crippen LogP contribution >= 0.6 is 11.8 Å². The molecule has 6 rings (SSSR count). The molecule has 1 aromatic heterocycles. The molecular weight excluding hydrogens is 629 g/mol. The number of aromatic hydroxyl groups is 1. The second-order valence-corrected chi connectivity index (χ2v) is 12.5. The van der Waals surface area contributed by atoms with Gasteiger partial charge in [0.25, 0.3) is 0 Å². The second kappa shape index (κ2) is 15.4. The molecule has 0 radical (unpaired) electrons. The molecule has 0 saturated carbocycles. The SMILES string of the molecule is CCNC(=O)NCc1cccc(-c2cccc([C@@H]3O[C@H](CSc4nnnn4-c4ccc(O)cc4)[C@H](C)[C@H](c4ccc(CO)cc4)O3)c2)c1. The van der Waals surface area contributed by atoms with E-state index < -0.39 is 6.29 Å². The monoisotopic (exact) mass is 666 g/mol. The van der Waals surface area contributed by atoms with Crippen LogP contribution in [-0.2, 0) is 22.6 Å². The van der Waals surface area contributed by atoms with Crippen LogP contribution < -0.4 is 10.6 Å². The molecule has 2 amide bonds. The first kappa shape index (κ1) is 33.2. The van der Waals surface area contributed by atoms with Gasteiger partial charge < -0.3 is 30.3 Å². The summed E-state index contributed by atoms with van der Waals surface area (Å²) >= 11 is 1.49. The average molecular weight is 667 g/mol. The van der Waals surface area contributed by atoms with E-state index in [9.17, 15) is 15.0 Å². The number of benzene rings is 4. The fourth-order valence-electron chi connectivity index (χ4n) is 5.62. The zero-order valence-electron chi connectivity index (χ0n) is 26.7. The van der Waals surface area contributed by atoms with E-state index in [0.29, 0.717) is 24.0 Å². The van der Waals surface area contributed by atoms with Gasteiger partial charge in [-0.2, -0.15) is 4.68 Å². The Hall–Kier alpha value is -4.75. The zero-order chi connectivity index (χ0) is 33.5. The Labute approximate surface area is 283 Å². The van der Waals surface area contributed by atoms with Gasteiger partial charge in [-0.1, -0.05) is 79.3 Å². The van der Waals surface area contributed by atoms with Crippen LogP contribution in [0.4, 0.5) is 4.79 Å². The van der Waals surface area contributed by atoms with Crippen molar-refractivity contribution in [3.63, 3.8) is 0 Å². The molecule has 11 nitrogen and oxygen atoms in total. The summed E-state index contributed by atoms with van der Waals surface area (Å²) in [7, 11) is 0. The van der Waals surface area contributed by atoms with E-state index in [1.165, 1.54) is 11.8 Å². The fourth-order valence-corrected chi connectivity index (χ4v) is 6.68. The van der Waals surface area contributed by atoms with Gasteiger partial charge in [0.2, 0.25) is 5.16 Å². The molecule has 1 saturated heterocycles. The van der Waals surface area contributed by atoms with E-state index in [4.69, 9.17) is 9.47 Å². The summed E-state index contributed by atoms with van der Waals surface area (Å²) in [6.45, 7) is 4.95. The number of ether oxygens (including phenoxy) is 2. The molecule has 1 aliphatic heterocycles. The smallest absolute Gasteiger partial charge is 0.315 e. The van der Waals surface area contributed by atoms with E-state index in [0.717, 1.165) is 39.1 Å². The van der Waals surface area contributed by atoms with Gasteiger partial charge in [-0.05, 0) is 81.6 Å². The summed E-state index contributed by atoms with van der Waals surface area (Å²) in [5.41, 5.74) is 6.45. The average Bonchev–Trinajstić information content (AvgIpc) is 3.60. The van der Waals surface area contributed by atoms with Crippen molar-refractivity contribution >= 4 is 17.8 Å². The lowest BCUT2D eigenvalue weighted by molar-refractivity contribution is -0.268. The number of carbonyl (C=O) groups excluding carboxylic acids is 1. The van der Waals surface area contributed by atoms with Crippen LogP contribution in [0.5, 0.6) is 5.75 Å². The number of thioether (sulfide) groups is 1. The number of hydrogen-bond acceptors (Lipinski definition) is 9. The minimum Gasteiger partial charge on any atom is -0.508 e. The maximum Gasteiger partial charge on any atom is 0.315 e. The summed E-state index contributed by atoms with van der Waals surface area (Å²) in [5, 5.41) is 37.9. The Morgan fingerprint density at radius 1 is 0.896 bits per heavy atom. The van der Waals surface area contributed by atoms with Gasteiger partial charge >= 0.3 is 6.03 Å². The lowest BCUT2D eigenvalue weighted by Crippen LogP contribution is -2.38. The summed E-state index contributed by atoms with van der Waals surface area (Å²) in [4.78, 5) is 11.9. The van der Waals surface area contributed by atoms with Crippen molar-refractivity contribution in [1.82, 2.24) is 30.8 Å². The number of urea groups is 1. The zero-order valence-corrected chi connectivity index (χ0v) is 27.5. The second-order valence-electron chi connectivity index (χ2n) is 11.6. The van der Waals surface area contributed by atoms with Crippen LogP contribution in [0.3, 0.4) is 0 Å². The molecule has 4 aromatic carbocycles. The third kappa shape index (κ3) is 7.85. The van der Waals surface area contributed by atoms with E-state index >= 15 is 0 Å². The predicted molar refractivity (Wildman–Crippen MR) is 182 cm³/mol. The predicted octanol–water partition coefficient (Wildman–Crippen LogP) is 5.93. The maximum atomic E-state index is 11.9. The summed E-state index contributed by atoms with van der Waals surface area (Å²) < 4.78 is 15.0. The van der Waals surface area contributed by atoms with Crippen LogP contribution in [0.1, 0.15) is 48.5 Å². The van der Waals surface area contributed by atoms with Gasteiger partial charge in [0.05, 0.1) is 24.5 Å². The first-order valence-corrected chi connectivity index (χ1v) is 16.8. The summed E-state index contributed by atoms with van der Waals surface area (Å²) in [6, 6.07) is 30.6. The lowest BCUT2D eigenvalue weighted by atomic mass is 9.91. The van der Waals surface area contributed by atoms with Crippen molar-refractivity contribution in [1.29, 1.82) is 0 Å². The Bertz CT molecular complexity index is 1820. The van der Waals surface area contributed by atoms with Crippen molar-refractivity contribution in [3.8, 4) is 22.6 Å². The van der Waals surface area contributed by atoms with Crippen LogP contribution in [-0.4, -0.2) is 54.9 Å². The molecule has 0 unspecified atom stereocenters. The van der Waals surface area contributed by atoms with Crippen LogP contribution in [0.2, 0.25) is 0 Å². The molecule has 1 fully saturated rings. The van der Waals surface area contributed by atoms with Crippen LogP contribution in [0.25, 0.3) is 16.8 Å². The highest BCUT2D eigenvalue weighted by molar-refractivity contribution is 7.99. The first-order valence-electron chi connectivity index (χ1n) is 15.8. The minimum atomic E-state index is -0.648. The number of phenols is 1. The van der Waals surface area contributed by atoms with Gasteiger partial charge in [0.15, 0.2) is 6.29 Å². The number of nitrogens with one attached hydrogen (secondary N) is 2. The van der Waals surface area contributed by atoms with Crippen molar-refractivity contribution < 1.29 is 24.5 Å². The highest BCUT2D eigenvalue weighted by Gasteiger charge is 2.38. The van der Waals surface area contributed by atoms with E-state index in [1.54, 1.807) is 28.9 Å². The molecule has 0 spiro atoms. The van der Waals surface area contributed by atoms with Crippen molar-refractivity contribution in [2.24, 2.45) is 5.92 Å². The maximum absolute atomic E-state index is 11.9. The van der Waals surface area contributed by atoms with Gasteiger partial charge in [0, 0.05) is 30.3 Å². The van der Waals surface area contributed by atoms with Gasteiger partial charge in [-0.3, -0.25) is 0 Å². The molecule has 4 N–H and O–H groups in total. The molecule has 248 valence electrons. The van der Waals surface area contributed by atoms with Crippen LogP contribution in [0, 0.1) is 5.92 Å². The molecule has 48 heavy (non-hydrogen) atoms. The number of phenolic OH excluding ortho intramolecular Hbond substituents is 1. The molecule has 0 aliphatic carbocycles. The largest absolute Gasteiger partial charge is 0.508 e. The van der Waals surface area contributed by atoms with Crippen molar-refractivity contribution in [2.75, 3.05) is 12.3 Å². The standard InChI is InChI=1S/C36H38N6O5S/c1-3-37-35(45)38-20-25-6-4-7-27(18-25)28-8-5-9-29(19-28)34-46-32(23(2)33(47-34)26-12-10-24(21-43)11-13-26)22-48-36-39-40-41-42(36)30-14-16-31(44)17-15-30/h4-19,23,32-34,43-44H,3,20-22H2,1-2H3,(H2,37,38,45)/t23-,32+,33+,34+/m0/s1. The Balaban J connectivity index is 1.25. The van der Waals surface area contributed by atoms with Gasteiger partial charge in [0.1, 0.15) is 5.75 Å². The van der Waals surface area contributed by atoms with E-state index in [-0.39, 0.29) is 36.5 Å². The molecule has 5 aromatic rings. The molecule has 4 atom stereocenters. The number of carbonyl (C=O) groups is 1. The molecule has 12 heteroatoms. The molecule has 0 bridgehead atoms. The Morgan fingerprint density at radius 2 is 1.65 bits per heavy atom. The number of aromatic nitrogens is 4. The lowest BCUT2D eigenvalue weighted by Gasteiger charge is -2.41. The highest BCUT2D eigenvalue weighted by Crippen LogP contribution is 2.43. The third-order valence-corrected chi connectivity index (χ3v) is 9.25. The number of rotatable bonds is 11. The third-order valence-electron chi connectivity index (χ3n) is 8.24. The highest BCUT2D eigenvalue weighted by atomic mass is 32.2. The number of nitrogens with zero attached hydrogens (tertiary/aromatic N) is 4. The number of aliphatic hydroxyl groups excluding tert-OH is 1. The minimum absolute atomic E-state index is 0.0241. The number of tetrazole rings is 1. The fraction of sp³-hybridized carbons (Fsp3) is 0.278. The van der Waals surface area contributed by atoms with E-state index in [1.807, 2.05) is 67.6 Å². The number of aliphatic hydroxyl groups is 1. The summed E-state index contributed by atoms with van der Waals surface area (Å²) in [6.07, 6.45) is -1.15. The van der Waals surface area contributed by atoms with E-state index in [2.05, 4.69) is 45.2 Å². The number of amides is 2.